The summed E-state index contributed by atoms with van der Waals surface area (Å²) in [6, 6.07) is 6.79. The second-order valence-electron chi connectivity index (χ2n) is 10.1. The first kappa shape index (κ1) is 24.4. The fourth-order valence-electron chi connectivity index (χ4n) is 5.03. The number of hydrogen-bond donors (Lipinski definition) is 2. The van der Waals surface area contributed by atoms with E-state index in [0.717, 1.165) is 72.4 Å². The van der Waals surface area contributed by atoms with Gasteiger partial charge in [-0.15, -0.1) is 0 Å². The van der Waals surface area contributed by atoms with Gasteiger partial charge in [-0.2, -0.15) is 0 Å². The molecule has 2 fully saturated rings. The highest BCUT2D eigenvalue weighted by Gasteiger charge is 2.31. The van der Waals surface area contributed by atoms with Gasteiger partial charge in [0.2, 0.25) is 0 Å². The molecule has 0 unspecified atom stereocenters. The number of aromatic nitrogens is 2. The highest BCUT2D eigenvalue weighted by molar-refractivity contribution is 6.08. The van der Waals surface area contributed by atoms with Gasteiger partial charge in [0.05, 0.1) is 35.6 Å². The van der Waals surface area contributed by atoms with Gasteiger partial charge in [0.15, 0.2) is 11.6 Å². The van der Waals surface area contributed by atoms with E-state index in [1.54, 1.807) is 18.3 Å². The standard InChI is InChI=1S/C28H34FN5O2/c1-16-9-11-34(12-10-30-16)27-21-13-17(2)32-25(19-5-6-19)26(21)31-15-22(27)28(35)33-18(3)20-7-8-23(29)24(14-20)36-4/h7-8,13-16,18-19,30H,5-6,9-12H2,1-4H3,(H,33,35)/t16-,18+/m0/s1. The average molecular weight is 492 g/mol. The van der Waals surface area contributed by atoms with E-state index in [9.17, 15) is 9.18 Å². The number of carbonyl (C=O) groups is 1. The summed E-state index contributed by atoms with van der Waals surface area (Å²) in [4.78, 5) is 25.6. The SMILES string of the molecule is COc1cc([C@@H](C)NC(=O)c2cnc3c(C4CC4)nc(C)cc3c2N2CCN[C@@H](C)CC2)ccc1F. The van der Waals surface area contributed by atoms with Crippen LogP contribution >= 0.6 is 0 Å². The number of nitrogens with one attached hydrogen (secondary N) is 2. The van der Waals surface area contributed by atoms with Gasteiger partial charge in [-0.1, -0.05) is 6.07 Å². The second-order valence-corrected chi connectivity index (χ2v) is 10.1. The molecule has 0 bridgehead atoms. The predicted octanol–water partition coefficient (Wildman–Crippen LogP) is 4.64. The Balaban J connectivity index is 1.55. The third-order valence-corrected chi connectivity index (χ3v) is 7.23. The Hall–Kier alpha value is -3.26. The Labute approximate surface area is 211 Å². The van der Waals surface area contributed by atoms with Gasteiger partial charge in [-0.3, -0.25) is 14.8 Å². The van der Waals surface area contributed by atoms with Crippen molar-refractivity contribution >= 4 is 22.5 Å². The summed E-state index contributed by atoms with van der Waals surface area (Å²) in [6.07, 6.45) is 4.95. The van der Waals surface area contributed by atoms with E-state index in [1.807, 2.05) is 13.8 Å². The number of amides is 1. The number of aryl methyl sites for hydroxylation is 1. The molecular weight excluding hydrogens is 457 g/mol. The van der Waals surface area contributed by atoms with Crippen LogP contribution in [0.3, 0.4) is 0 Å². The Morgan fingerprint density at radius 3 is 2.81 bits per heavy atom. The first-order valence-corrected chi connectivity index (χ1v) is 12.8. The van der Waals surface area contributed by atoms with Crippen molar-refractivity contribution in [2.45, 2.75) is 58.0 Å². The van der Waals surface area contributed by atoms with Crippen LogP contribution in [0, 0.1) is 12.7 Å². The Morgan fingerprint density at radius 1 is 1.25 bits per heavy atom. The van der Waals surface area contributed by atoms with E-state index in [2.05, 4.69) is 28.5 Å². The van der Waals surface area contributed by atoms with E-state index >= 15 is 0 Å². The number of nitrogens with zero attached hydrogens (tertiary/aromatic N) is 3. The second kappa shape index (κ2) is 10.0. The van der Waals surface area contributed by atoms with Gasteiger partial charge in [-0.05, 0) is 63.8 Å². The Morgan fingerprint density at radius 2 is 2.06 bits per heavy atom. The van der Waals surface area contributed by atoms with Crippen molar-refractivity contribution in [2.24, 2.45) is 0 Å². The Bertz CT molecular complexity index is 1290. The van der Waals surface area contributed by atoms with Crippen molar-refractivity contribution < 1.29 is 13.9 Å². The van der Waals surface area contributed by atoms with Gasteiger partial charge in [0, 0.05) is 48.9 Å². The van der Waals surface area contributed by atoms with Crippen LogP contribution in [-0.4, -0.2) is 48.7 Å². The zero-order valence-electron chi connectivity index (χ0n) is 21.4. The highest BCUT2D eigenvalue weighted by Crippen LogP contribution is 2.43. The van der Waals surface area contributed by atoms with Crippen LogP contribution in [0.5, 0.6) is 5.75 Å². The minimum Gasteiger partial charge on any atom is -0.494 e. The average Bonchev–Trinajstić information content (AvgIpc) is 3.71. The van der Waals surface area contributed by atoms with Crippen LogP contribution in [0.1, 0.15) is 72.4 Å². The molecule has 1 aliphatic carbocycles. The number of anilines is 1. The van der Waals surface area contributed by atoms with Crippen molar-refractivity contribution in [3.8, 4) is 5.75 Å². The third-order valence-electron chi connectivity index (χ3n) is 7.23. The number of rotatable bonds is 6. The van der Waals surface area contributed by atoms with Gasteiger partial charge in [0.1, 0.15) is 0 Å². The molecule has 2 aromatic heterocycles. The van der Waals surface area contributed by atoms with Gasteiger partial charge in [0.25, 0.3) is 5.91 Å². The van der Waals surface area contributed by atoms with Crippen molar-refractivity contribution in [1.82, 2.24) is 20.6 Å². The number of pyridine rings is 2. The maximum atomic E-state index is 13.9. The van der Waals surface area contributed by atoms with Crippen molar-refractivity contribution in [2.75, 3.05) is 31.6 Å². The van der Waals surface area contributed by atoms with Crippen molar-refractivity contribution in [3.63, 3.8) is 0 Å². The topological polar surface area (TPSA) is 79.4 Å². The molecule has 1 saturated heterocycles. The van der Waals surface area contributed by atoms with Crippen LogP contribution in [0.4, 0.5) is 10.1 Å². The maximum absolute atomic E-state index is 13.9. The number of fused-ring (bicyclic) bond motifs is 1. The van der Waals surface area contributed by atoms with Crippen molar-refractivity contribution in [3.05, 3.63) is 58.8 Å². The molecule has 1 amide bonds. The predicted molar refractivity (Wildman–Crippen MR) is 139 cm³/mol. The lowest BCUT2D eigenvalue weighted by atomic mass is 10.0. The summed E-state index contributed by atoms with van der Waals surface area (Å²) in [6.45, 7) is 8.58. The number of halogens is 1. The summed E-state index contributed by atoms with van der Waals surface area (Å²) in [5.41, 5.74) is 5.12. The smallest absolute Gasteiger partial charge is 0.255 e. The molecule has 1 aromatic carbocycles. The lowest BCUT2D eigenvalue weighted by Crippen LogP contribution is -2.33. The van der Waals surface area contributed by atoms with E-state index in [-0.39, 0.29) is 17.7 Å². The quantitative estimate of drug-likeness (QED) is 0.523. The maximum Gasteiger partial charge on any atom is 0.255 e. The fourth-order valence-corrected chi connectivity index (χ4v) is 5.03. The van der Waals surface area contributed by atoms with Crippen LogP contribution in [0.2, 0.25) is 0 Å². The molecule has 7 nitrogen and oxygen atoms in total. The van der Waals surface area contributed by atoms with Crippen molar-refractivity contribution in [1.29, 1.82) is 0 Å². The lowest BCUT2D eigenvalue weighted by Gasteiger charge is -2.27. The summed E-state index contributed by atoms with van der Waals surface area (Å²) in [5.74, 6) is -0.0294. The molecule has 3 aromatic rings. The number of carbonyl (C=O) groups excluding carboxylic acids is 1. The summed E-state index contributed by atoms with van der Waals surface area (Å²) < 4.78 is 19.0. The number of benzene rings is 1. The molecule has 1 saturated carbocycles. The van der Waals surface area contributed by atoms with E-state index in [1.165, 1.54) is 13.2 Å². The van der Waals surface area contributed by atoms with Crippen LogP contribution in [-0.2, 0) is 0 Å². The van der Waals surface area contributed by atoms with Crippen LogP contribution in [0.25, 0.3) is 10.9 Å². The molecule has 8 heteroatoms. The number of hydrogen-bond acceptors (Lipinski definition) is 6. The van der Waals surface area contributed by atoms with Gasteiger partial charge >= 0.3 is 0 Å². The van der Waals surface area contributed by atoms with Crippen LogP contribution in [0.15, 0.2) is 30.5 Å². The molecule has 0 spiro atoms. The molecule has 0 radical (unpaired) electrons. The van der Waals surface area contributed by atoms with E-state index in [0.29, 0.717) is 17.5 Å². The molecule has 2 N–H and O–H groups in total. The molecule has 190 valence electrons. The summed E-state index contributed by atoms with van der Waals surface area (Å²) in [7, 11) is 1.43. The molecule has 3 heterocycles. The molecular formula is C28H34FN5O2. The minimum atomic E-state index is -0.430. The fraction of sp³-hybridized carbons (Fsp3) is 0.464. The largest absolute Gasteiger partial charge is 0.494 e. The van der Waals surface area contributed by atoms with Crippen LogP contribution < -0.4 is 20.3 Å². The molecule has 36 heavy (non-hydrogen) atoms. The summed E-state index contributed by atoms with van der Waals surface area (Å²) in [5, 5.41) is 7.64. The van der Waals surface area contributed by atoms with Gasteiger partial charge < -0.3 is 20.3 Å². The number of methoxy groups -OCH3 is 1. The first-order valence-electron chi connectivity index (χ1n) is 12.8. The minimum absolute atomic E-state index is 0.156. The molecule has 5 rings (SSSR count). The zero-order valence-corrected chi connectivity index (χ0v) is 21.4. The van der Waals surface area contributed by atoms with Gasteiger partial charge in [-0.25, -0.2) is 4.39 Å². The molecule has 2 aliphatic rings. The molecule has 2 atom stereocenters. The number of ether oxygens (including phenoxy) is 1. The Kier molecular flexibility index (Phi) is 6.79. The first-order chi connectivity index (χ1) is 17.4. The third kappa shape index (κ3) is 4.87. The normalized spacial score (nSPS) is 19.1. The molecule has 1 aliphatic heterocycles. The van der Waals surface area contributed by atoms with E-state index < -0.39 is 5.82 Å². The summed E-state index contributed by atoms with van der Waals surface area (Å²) >= 11 is 0. The zero-order chi connectivity index (χ0) is 25.4. The lowest BCUT2D eigenvalue weighted by molar-refractivity contribution is 0.0940. The van der Waals surface area contributed by atoms with E-state index in [4.69, 9.17) is 14.7 Å². The monoisotopic (exact) mass is 491 g/mol. The highest BCUT2D eigenvalue weighted by atomic mass is 19.1.